The highest BCUT2D eigenvalue weighted by molar-refractivity contribution is 5.84. The maximum absolute atomic E-state index is 8.25. The molecule has 0 aliphatic rings. The molecule has 3 rings (SSSR count). The van der Waals surface area contributed by atoms with Crippen molar-refractivity contribution in [3.8, 4) is 11.5 Å². The molecule has 1 aromatic heterocycles. The fourth-order valence-electron chi connectivity index (χ4n) is 2.61. The summed E-state index contributed by atoms with van der Waals surface area (Å²) in [4.78, 5) is 8.25. The van der Waals surface area contributed by atoms with Crippen LogP contribution in [0.3, 0.4) is 0 Å². The lowest BCUT2D eigenvalue weighted by Gasteiger charge is -2.08. The molecule has 0 saturated carbocycles. The number of benzene rings is 2. The number of hydrogen-bond acceptors (Lipinski definition) is 4. The molecule has 0 aliphatic carbocycles. The van der Waals surface area contributed by atoms with Crippen LogP contribution in [0.15, 0.2) is 60.9 Å². The topological polar surface area (TPSA) is 62.5 Å². The van der Waals surface area contributed by atoms with Gasteiger partial charge in [0.25, 0.3) is 0 Å². The number of carboxylic acid groups (broad SMARTS) is 1. The van der Waals surface area contributed by atoms with E-state index in [1.54, 1.807) is 14.2 Å². The van der Waals surface area contributed by atoms with Crippen LogP contribution in [0, 0.1) is 0 Å². The molecular formula is C20H21NO4. The molecular weight excluding hydrogens is 318 g/mol. The Morgan fingerprint density at radius 1 is 1.00 bits per heavy atom. The average Bonchev–Trinajstić information content (AvgIpc) is 2.66. The van der Waals surface area contributed by atoms with Crippen molar-refractivity contribution in [1.82, 2.24) is 0 Å². The first-order valence-corrected chi connectivity index (χ1v) is 7.86. The zero-order chi connectivity index (χ0) is 18.1. The van der Waals surface area contributed by atoms with Gasteiger partial charge < -0.3 is 19.4 Å². The number of pyridine rings is 1. The molecule has 0 spiro atoms. The van der Waals surface area contributed by atoms with Crippen LogP contribution in [0.1, 0.15) is 5.56 Å². The molecule has 0 unspecified atom stereocenters. The summed E-state index contributed by atoms with van der Waals surface area (Å²) in [5.41, 5.74) is 1.35. The highest BCUT2D eigenvalue weighted by Crippen LogP contribution is 2.31. The van der Waals surface area contributed by atoms with E-state index in [9.17, 15) is 0 Å². The summed E-state index contributed by atoms with van der Waals surface area (Å²) in [6.07, 6.45) is 5.28. The molecule has 130 valence electrons. The highest BCUT2D eigenvalue weighted by atomic mass is 16.5. The molecule has 25 heavy (non-hydrogen) atoms. The normalized spacial score (nSPS) is 9.84. The minimum Gasteiger partial charge on any atom is -0.554 e. The Hall–Kier alpha value is -3.08. The lowest BCUT2D eigenvalue weighted by atomic mass is 10.1. The summed E-state index contributed by atoms with van der Waals surface area (Å²) < 4.78 is 12.9. The molecule has 0 radical (unpaired) electrons. The van der Waals surface area contributed by atoms with Crippen LogP contribution in [0.5, 0.6) is 11.5 Å². The summed E-state index contributed by atoms with van der Waals surface area (Å²) in [7, 11) is 3.32. The van der Waals surface area contributed by atoms with Crippen molar-refractivity contribution in [3.63, 3.8) is 0 Å². The van der Waals surface area contributed by atoms with Gasteiger partial charge in [0.15, 0.2) is 30.4 Å². The van der Waals surface area contributed by atoms with Gasteiger partial charge in [0.1, 0.15) is 0 Å². The van der Waals surface area contributed by atoms with Gasteiger partial charge in [-0.15, -0.1) is 0 Å². The molecule has 1 heterocycles. The first kappa shape index (κ1) is 18.3. The van der Waals surface area contributed by atoms with Crippen molar-refractivity contribution in [2.75, 3.05) is 14.2 Å². The van der Waals surface area contributed by atoms with E-state index in [1.165, 1.54) is 5.56 Å². The van der Waals surface area contributed by atoms with Gasteiger partial charge in [-0.3, -0.25) is 0 Å². The third-order valence-corrected chi connectivity index (χ3v) is 3.84. The van der Waals surface area contributed by atoms with Crippen LogP contribution < -0.4 is 19.1 Å². The van der Waals surface area contributed by atoms with Crippen molar-refractivity contribution in [1.29, 1.82) is 0 Å². The molecule has 5 heteroatoms. The highest BCUT2D eigenvalue weighted by Gasteiger charge is 2.09. The summed E-state index contributed by atoms with van der Waals surface area (Å²) >= 11 is 0. The Labute approximate surface area is 147 Å². The monoisotopic (exact) mass is 339 g/mol. The molecule has 3 aromatic rings. The summed E-state index contributed by atoms with van der Waals surface area (Å²) in [6.45, 7) is 0.453. The molecule has 0 amide bonds. The number of hydrogen-bond donors (Lipinski definition) is 0. The maximum Gasteiger partial charge on any atom is 0.176 e. The number of fused-ring (bicyclic) bond motifs is 1. The molecule has 5 nitrogen and oxygen atoms in total. The van der Waals surface area contributed by atoms with Crippen molar-refractivity contribution in [2.45, 2.75) is 13.0 Å². The average molecular weight is 339 g/mol. The first-order chi connectivity index (χ1) is 12.2. The van der Waals surface area contributed by atoms with Gasteiger partial charge in [0.2, 0.25) is 0 Å². The van der Waals surface area contributed by atoms with E-state index in [1.807, 2.05) is 18.2 Å². The van der Waals surface area contributed by atoms with E-state index in [2.05, 4.69) is 47.3 Å². The van der Waals surface area contributed by atoms with Crippen LogP contribution in [0.25, 0.3) is 10.8 Å². The second-order valence-electron chi connectivity index (χ2n) is 5.35. The molecule has 0 N–H and O–H groups in total. The minimum atomic E-state index is -0.500. The molecule has 0 bridgehead atoms. The molecule has 2 aromatic carbocycles. The van der Waals surface area contributed by atoms with Gasteiger partial charge in [-0.2, -0.15) is 0 Å². The number of rotatable bonds is 5. The van der Waals surface area contributed by atoms with Gasteiger partial charge in [-0.1, -0.05) is 30.3 Å². The number of aromatic nitrogens is 1. The lowest BCUT2D eigenvalue weighted by Crippen LogP contribution is -2.33. The minimum absolute atomic E-state index is 0.500. The summed E-state index contributed by atoms with van der Waals surface area (Å²) in [5, 5.41) is 10.5. The van der Waals surface area contributed by atoms with E-state index in [4.69, 9.17) is 19.4 Å². The number of methoxy groups -OCH3 is 2. The molecule has 0 saturated heterocycles. The van der Waals surface area contributed by atoms with Crippen LogP contribution >= 0.6 is 0 Å². The maximum atomic E-state index is 8.25. The zero-order valence-corrected chi connectivity index (χ0v) is 14.3. The molecule has 0 fully saturated rings. The van der Waals surface area contributed by atoms with E-state index in [0.717, 1.165) is 35.2 Å². The fraction of sp³-hybridized carbons (Fsp3) is 0.200. The number of carbonyl (C=O) groups is 1. The number of carbonyl (C=O) groups excluding carboxylic acids is 1. The van der Waals surface area contributed by atoms with Crippen LogP contribution in [-0.4, -0.2) is 20.7 Å². The predicted molar refractivity (Wildman–Crippen MR) is 93.5 cm³/mol. The second kappa shape index (κ2) is 9.27. The van der Waals surface area contributed by atoms with Gasteiger partial charge in [-0.05, 0) is 23.1 Å². The number of nitrogens with zero attached hydrogens (tertiary/aromatic N) is 1. The third kappa shape index (κ3) is 4.94. The molecule has 0 atom stereocenters. The Balaban J connectivity index is 0.000000701. The first-order valence-electron chi connectivity index (χ1n) is 7.86. The van der Waals surface area contributed by atoms with Crippen LogP contribution in [-0.2, 0) is 17.8 Å². The van der Waals surface area contributed by atoms with Crippen LogP contribution in [0.4, 0.5) is 0 Å². The van der Waals surface area contributed by atoms with E-state index in [0.29, 0.717) is 0 Å². The Kier molecular flexibility index (Phi) is 6.77. The van der Waals surface area contributed by atoms with Gasteiger partial charge in [0.05, 0.1) is 14.2 Å². The standard InChI is InChI=1S/C19H20NO2.CH2O2/c1-21-18-12-16-9-11-20(14-17(16)13-19(18)22-2)10-8-15-6-4-3-5-7-15;2-1-3/h3-7,9,11-14H,8,10H2,1-2H3;1H,(H,2,3)/q+1;/p-1. The third-order valence-electron chi connectivity index (χ3n) is 3.84. The number of ether oxygens (including phenoxy) is 2. The predicted octanol–water partition coefficient (Wildman–Crippen LogP) is 1.75. The van der Waals surface area contributed by atoms with E-state index in [-0.39, 0.29) is 0 Å². The van der Waals surface area contributed by atoms with Gasteiger partial charge in [0, 0.05) is 24.3 Å². The quantitative estimate of drug-likeness (QED) is 0.525. The lowest BCUT2D eigenvalue weighted by molar-refractivity contribution is -0.695. The van der Waals surface area contributed by atoms with Crippen molar-refractivity contribution in [2.24, 2.45) is 0 Å². The number of aryl methyl sites for hydroxylation is 2. The Morgan fingerprint density at radius 2 is 1.60 bits per heavy atom. The second-order valence-corrected chi connectivity index (χ2v) is 5.35. The smallest absolute Gasteiger partial charge is 0.176 e. The SMILES string of the molecule is COc1cc2cc[n+](CCc3ccccc3)cc2cc1OC.O=C[O-]. The van der Waals surface area contributed by atoms with E-state index < -0.39 is 6.47 Å². The molecule has 0 aliphatic heterocycles. The van der Waals surface area contributed by atoms with Crippen LogP contribution in [0.2, 0.25) is 0 Å². The van der Waals surface area contributed by atoms with Crippen molar-refractivity contribution < 1.29 is 23.9 Å². The zero-order valence-electron chi connectivity index (χ0n) is 14.3. The summed E-state index contributed by atoms with van der Waals surface area (Å²) in [5.74, 6) is 1.52. The summed E-state index contributed by atoms with van der Waals surface area (Å²) in [6, 6.07) is 16.7. The fourth-order valence-corrected chi connectivity index (χ4v) is 2.61. The van der Waals surface area contributed by atoms with Crippen molar-refractivity contribution >= 4 is 17.2 Å². The Bertz CT molecular complexity index is 819. The van der Waals surface area contributed by atoms with Gasteiger partial charge in [-0.25, -0.2) is 4.57 Å². The largest absolute Gasteiger partial charge is 0.554 e. The van der Waals surface area contributed by atoms with E-state index >= 15 is 0 Å². The Morgan fingerprint density at radius 3 is 2.20 bits per heavy atom. The van der Waals surface area contributed by atoms with Gasteiger partial charge >= 0.3 is 0 Å². The van der Waals surface area contributed by atoms with Crippen molar-refractivity contribution in [3.05, 3.63) is 66.5 Å².